The van der Waals surface area contributed by atoms with Gasteiger partial charge in [-0.2, -0.15) is 0 Å². The highest BCUT2D eigenvalue weighted by Gasteiger charge is 2.32. The standard InChI is InChI=1S/C17H24N2O3/c1-11-6-4-5-7-15(11)13-8-14(9-13)18-17(22)19(3)10-12(2)16(20)21/h4-7,12-14H,8-10H2,1-3H3,(H,18,22)(H,20,21). The van der Waals surface area contributed by atoms with Gasteiger partial charge in [0, 0.05) is 19.6 Å². The number of carboxylic acid groups (broad SMARTS) is 1. The summed E-state index contributed by atoms with van der Waals surface area (Å²) in [7, 11) is 1.63. The Hall–Kier alpha value is -2.04. The van der Waals surface area contributed by atoms with Crippen LogP contribution >= 0.6 is 0 Å². The molecule has 1 atom stereocenters. The van der Waals surface area contributed by atoms with Crippen molar-refractivity contribution in [2.24, 2.45) is 5.92 Å². The van der Waals surface area contributed by atoms with Crippen molar-refractivity contribution in [3.05, 3.63) is 35.4 Å². The van der Waals surface area contributed by atoms with E-state index in [0.29, 0.717) is 5.92 Å². The number of hydrogen-bond acceptors (Lipinski definition) is 2. The summed E-state index contributed by atoms with van der Waals surface area (Å²) in [6, 6.07) is 8.34. The summed E-state index contributed by atoms with van der Waals surface area (Å²) in [4.78, 5) is 24.3. The smallest absolute Gasteiger partial charge is 0.317 e. The number of benzene rings is 1. The molecule has 2 N–H and O–H groups in total. The van der Waals surface area contributed by atoms with Crippen LogP contribution in [0.3, 0.4) is 0 Å². The van der Waals surface area contributed by atoms with Gasteiger partial charge in [-0.3, -0.25) is 4.79 Å². The lowest BCUT2D eigenvalue weighted by atomic mass is 9.74. The van der Waals surface area contributed by atoms with Crippen LogP contribution in [0.25, 0.3) is 0 Å². The van der Waals surface area contributed by atoms with Gasteiger partial charge in [0.25, 0.3) is 0 Å². The number of amides is 2. The molecule has 1 unspecified atom stereocenters. The molecule has 22 heavy (non-hydrogen) atoms. The van der Waals surface area contributed by atoms with Gasteiger partial charge >= 0.3 is 12.0 Å². The first kappa shape index (κ1) is 16.3. The number of nitrogens with one attached hydrogen (secondary N) is 1. The van der Waals surface area contributed by atoms with Gasteiger partial charge in [-0.15, -0.1) is 0 Å². The molecule has 1 aromatic carbocycles. The zero-order valence-electron chi connectivity index (χ0n) is 13.4. The minimum atomic E-state index is -0.886. The molecule has 0 saturated heterocycles. The minimum Gasteiger partial charge on any atom is -0.481 e. The lowest BCUT2D eigenvalue weighted by Crippen LogP contribution is -2.49. The van der Waals surface area contributed by atoms with Crippen LogP contribution in [0.1, 0.15) is 36.8 Å². The third-order valence-corrected chi connectivity index (χ3v) is 4.41. The number of carbonyl (C=O) groups excluding carboxylic acids is 1. The number of aliphatic carboxylic acids is 1. The van der Waals surface area contributed by atoms with Gasteiger partial charge in [-0.1, -0.05) is 31.2 Å². The lowest BCUT2D eigenvalue weighted by Gasteiger charge is -2.38. The second-order valence-corrected chi connectivity index (χ2v) is 6.29. The fraction of sp³-hybridized carbons (Fsp3) is 0.529. The second kappa shape index (κ2) is 6.81. The maximum Gasteiger partial charge on any atom is 0.317 e. The first-order chi connectivity index (χ1) is 10.4. The Balaban J connectivity index is 1.79. The molecule has 5 nitrogen and oxygen atoms in total. The molecule has 0 aliphatic heterocycles. The van der Waals surface area contributed by atoms with Gasteiger partial charge in [0.05, 0.1) is 5.92 Å². The summed E-state index contributed by atoms with van der Waals surface area (Å²) in [5.41, 5.74) is 2.66. The number of hydrogen-bond donors (Lipinski definition) is 2. The van der Waals surface area contributed by atoms with Crippen molar-refractivity contribution >= 4 is 12.0 Å². The normalized spacial score (nSPS) is 21.6. The predicted octanol–water partition coefficient (Wildman–Crippen LogP) is 2.60. The quantitative estimate of drug-likeness (QED) is 0.878. The highest BCUT2D eigenvalue weighted by atomic mass is 16.4. The van der Waals surface area contributed by atoms with E-state index in [2.05, 4.69) is 30.4 Å². The van der Waals surface area contributed by atoms with Crippen LogP contribution in [-0.2, 0) is 4.79 Å². The van der Waals surface area contributed by atoms with Crippen LogP contribution in [0.4, 0.5) is 4.79 Å². The fourth-order valence-electron chi connectivity index (χ4n) is 2.89. The van der Waals surface area contributed by atoms with E-state index in [1.165, 1.54) is 16.0 Å². The summed E-state index contributed by atoms with van der Waals surface area (Å²) < 4.78 is 0. The number of rotatable bonds is 5. The summed E-state index contributed by atoms with van der Waals surface area (Å²) in [6.07, 6.45) is 1.89. The monoisotopic (exact) mass is 304 g/mol. The summed E-state index contributed by atoms with van der Waals surface area (Å²) >= 11 is 0. The number of urea groups is 1. The van der Waals surface area contributed by atoms with E-state index in [0.717, 1.165) is 12.8 Å². The van der Waals surface area contributed by atoms with Crippen molar-refractivity contribution in [2.75, 3.05) is 13.6 Å². The average molecular weight is 304 g/mol. The molecule has 1 aromatic rings. The Morgan fingerprint density at radius 1 is 1.36 bits per heavy atom. The zero-order valence-corrected chi connectivity index (χ0v) is 13.4. The van der Waals surface area contributed by atoms with Gasteiger partial charge in [-0.25, -0.2) is 4.79 Å². The van der Waals surface area contributed by atoms with Crippen LogP contribution in [0.5, 0.6) is 0 Å². The van der Waals surface area contributed by atoms with Crippen LogP contribution in [0.2, 0.25) is 0 Å². The molecule has 1 aliphatic carbocycles. The maximum absolute atomic E-state index is 12.0. The highest BCUT2D eigenvalue weighted by molar-refractivity contribution is 5.76. The van der Waals surface area contributed by atoms with E-state index in [-0.39, 0.29) is 18.6 Å². The Morgan fingerprint density at radius 3 is 2.59 bits per heavy atom. The number of carboxylic acids is 1. The molecule has 1 aliphatic rings. The molecule has 0 heterocycles. The van der Waals surface area contributed by atoms with E-state index in [1.807, 2.05) is 6.07 Å². The number of nitrogens with zero attached hydrogens (tertiary/aromatic N) is 1. The van der Waals surface area contributed by atoms with Gasteiger partial charge < -0.3 is 15.3 Å². The SMILES string of the molecule is Cc1ccccc1C1CC(NC(=O)N(C)CC(C)C(=O)O)C1. The van der Waals surface area contributed by atoms with Crippen molar-refractivity contribution in [1.29, 1.82) is 0 Å². The van der Waals surface area contributed by atoms with E-state index < -0.39 is 11.9 Å². The van der Waals surface area contributed by atoms with Crippen molar-refractivity contribution < 1.29 is 14.7 Å². The van der Waals surface area contributed by atoms with Gasteiger partial charge in [0.1, 0.15) is 0 Å². The Kier molecular flexibility index (Phi) is 5.06. The maximum atomic E-state index is 12.0. The third-order valence-electron chi connectivity index (χ3n) is 4.41. The van der Waals surface area contributed by atoms with Crippen molar-refractivity contribution in [3.63, 3.8) is 0 Å². The second-order valence-electron chi connectivity index (χ2n) is 6.29. The number of carbonyl (C=O) groups is 2. The summed E-state index contributed by atoms with van der Waals surface area (Å²) in [6.45, 7) is 3.93. The predicted molar refractivity (Wildman–Crippen MR) is 84.9 cm³/mol. The van der Waals surface area contributed by atoms with E-state index >= 15 is 0 Å². The molecule has 0 radical (unpaired) electrons. The zero-order chi connectivity index (χ0) is 16.3. The van der Waals surface area contributed by atoms with Gasteiger partial charge in [-0.05, 0) is 36.8 Å². The van der Waals surface area contributed by atoms with Gasteiger partial charge in [0.2, 0.25) is 0 Å². The molecule has 1 saturated carbocycles. The molecule has 5 heteroatoms. The van der Waals surface area contributed by atoms with E-state index in [1.54, 1.807) is 14.0 Å². The molecular weight excluding hydrogens is 280 g/mol. The van der Waals surface area contributed by atoms with Crippen molar-refractivity contribution in [1.82, 2.24) is 10.2 Å². The molecular formula is C17H24N2O3. The molecule has 120 valence electrons. The van der Waals surface area contributed by atoms with Crippen molar-refractivity contribution in [2.45, 2.75) is 38.6 Å². The van der Waals surface area contributed by atoms with Crippen LogP contribution in [0.15, 0.2) is 24.3 Å². The molecule has 2 amide bonds. The molecule has 0 bridgehead atoms. The van der Waals surface area contributed by atoms with E-state index in [9.17, 15) is 9.59 Å². The first-order valence-corrected chi connectivity index (χ1v) is 7.68. The molecule has 1 fully saturated rings. The van der Waals surface area contributed by atoms with Crippen molar-refractivity contribution in [3.8, 4) is 0 Å². The average Bonchev–Trinajstić information content (AvgIpc) is 2.43. The minimum absolute atomic E-state index is 0.180. The summed E-state index contributed by atoms with van der Waals surface area (Å²) in [5, 5.41) is 11.9. The van der Waals surface area contributed by atoms with Crippen LogP contribution in [0, 0.1) is 12.8 Å². The largest absolute Gasteiger partial charge is 0.481 e. The Labute approximate surface area is 131 Å². The Morgan fingerprint density at radius 2 is 2.00 bits per heavy atom. The summed E-state index contributed by atoms with van der Waals surface area (Å²) in [5.74, 6) is -0.936. The lowest BCUT2D eigenvalue weighted by molar-refractivity contribution is -0.141. The van der Waals surface area contributed by atoms with Gasteiger partial charge in [0.15, 0.2) is 0 Å². The van der Waals surface area contributed by atoms with Crippen LogP contribution in [-0.4, -0.2) is 41.6 Å². The molecule has 2 rings (SSSR count). The van der Waals surface area contributed by atoms with E-state index in [4.69, 9.17) is 5.11 Å². The molecule has 0 spiro atoms. The third kappa shape index (κ3) is 3.78. The fourth-order valence-corrected chi connectivity index (χ4v) is 2.89. The highest BCUT2D eigenvalue weighted by Crippen LogP contribution is 2.38. The molecule has 0 aromatic heterocycles. The topological polar surface area (TPSA) is 69.6 Å². The Bertz CT molecular complexity index is 553. The number of aryl methyl sites for hydroxylation is 1. The first-order valence-electron chi connectivity index (χ1n) is 7.68. The van der Waals surface area contributed by atoms with Crippen LogP contribution < -0.4 is 5.32 Å².